The SMILES string of the molecule is COC(=O)c1cc(NC(=O)CC2C(=O)NCCN2C(=O)Nc2cccc(Cl)c2)cc(C(=O)OC)c1. The van der Waals surface area contributed by atoms with E-state index in [0.717, 1.165) is 0 Å². The first kappa shape index (κ1) is 25.5. The van der Waals surface area contributed by atoms with E-state index in [-0.39, 0.29) is 36.3 Å². The molecule has 1 heterocycles. The van der Waals surface area contributed by atoms with E-state index < -0.39 is 35.8 Å². The molecule has 2 aromatic rings. The van der Waals surface area contributed by atoms with Crippen molar-refractivity contribution in [1.29, 1.82) is 0 Å². The molecule has 11 nitrogen and oxygen atoms in total. The second kappa shape index (κ2) is 11.3. The van der Waals surface area contributed by atoms with Crippen molar-refractivity contribution in [1.82, 2.24) is 10.2 Å². The third-order valence-electron chi connectivity index (χ3n) is 5.11. The number of urea groups is 1. The molecule has 1 fully saturated rings. The number of carbonyl (C=O) groups excluding carboxylic acids is 5. The van der Waals surface area contributed by atoms with Gasteiger partial charge in [0.1, 0.15) is 6.04 Å². The number of nitrogens with zero attached hydrogens (tertiary/aromatic N) is 1. The second-order valence-corrected chi connectivity index (χ2v) is 7.91. The number of piperazine rings is 1. The minimum Gasteiger partial charge on any atom is -0.465 e. The van der Waals surface area contributed by atoms with Crippen LogP contribution in [0.5, 0.6) is 0 Å². The van der Waals surface area contributed by atoms with Crippen LogP contribution in [0, 0.1) is 0 Å². The van der Waals surface area contributed by atoms with Gasteiger partial charge >= 0.3 is 18.0 Å². The van der Waals surface area contributed by atoms with Crippen molar-refractivity contribution in [2.45, 2.75) is 12.5 Å². The maximum absolute atomic E-state index is 12.8. The van der Waals surface area contributed by atoms with Crippen LogP contribution in [0.2, 0.25) is 5.02 Å². The first-order chi connectivity index (χ1) is 16.7. The molecule has 0 saturated carbocycles. The van der Waals surface area contributed by atoms with Crippen molar-refractivity contribution < 1.29 is 33.4 Å². The molecule has 2 aromatic carbocycles. The number of anilines is 2. The Labute approximate surface area is 205 Å². The largest absolute Gasteiger partial charge is 0.465 e. The van der Waals surface area contributed by atoms with E-state index in [4.69, 9.17) is 11.6 Å². The third kappa shape index (κ3) is 6.48. The van der Waals surface area contributed by atoms with Crippen LogP contribution in [0.4, 0.5) is 16.2 Å². The number of amides is 4. The number of ether oxygens (including phenoxy) is 2. The average molecular weight is 503 g/mol. The Hall–Kier alpha value is -4.12. The van der Waals surface area contributed by atoms with E-state index in [2.05, 4.69) is 25.4 Å². The summed E-state index contributed by atoms with van der Waals surface area (Å²) in [6.07, 6.45) is -0.370. The smallest absolute Gasteiger partial charge is 0.337 e. The summed E-state index contributed by atoms with van der Waals surface area (Å²) in [5.74, 6) is -2.56. The normalized spacial score (nSPS) is 15.0. The topological polar surface area (TPSA) is 143 Å². The summed E-state index contributed by atoms with van der Waals surface area (Å²) in [7, 11) is 2.35. The Balaban J connectivity index is 1.76. The summed E-state index contributed by atoms with van der Waals surface area (Å²) in [6.45, 7) is 0.407. The molecule has 3 rings (SSSR count). The van der Waals surface area contributed by atoms with E-state index in [1.807, 2.05) is 0 Å². The summed E-state index contributed by atoms with van der Waals surface area (Å²) < 4.78 is 9.36. The van der Waals surface area contributed by atoms with Crippen LogP contribution in [-0.2, 0) is 19.1 Å². The summed E-state index contributed by atoms with van der Waals surface area (Å²) in [4.78, 5) is 63.3. The van der Waals surface area contributed by atoms with E-state index in [0.29, 0.717) is 10.7 Å². The third-order valence-corrected chi connectivity index (χ3v) is 5.34. The molecule has 35 heavy (non-hydrogen) atoms. The maximum atomic E-state index is 12.8. The minimum absolute atomic E-state index is 0.0173. The van der Waals surface area contributed by atoms with Gasteiger partial charge in [0.2, 0.25) is 11.8 Å². The molecule has 1 aliphatic rings. The van der Waals surface area contributed by atoms with Gasteiger partial charge in [-0.05, 0) is 36.4 Å². The van der Waals surface area contributed by atoms with Crippen molar-refractivity contribution in [3.05, 3.63) is 58.6 Å². The number of benzene rings is 2. The quantitative estimate of drug-likeness (QED) is 0.514. The van der Waals surface area contributed by atoms with Crippen molar-refractivity contribution in [2.24, 2.45) is 0 Å². The van der Waals surface area contributed by atoms with Gasteiger partial charge in [-0.25, -0.2) is 14.4 Å². The molecular formula is C23H23ClN4O7. The highest BCUT2D eigenvalue weighted by molar-refractivity contribution is 6.30. The second-order valence-electron chi connectivity index (χ2n) is 7.48. The van der Waals surface area contributed by atoms with Crippen LogP contribution in [0.25, 0.3) is 0 Å². The molecule has 12 heteroatoms. The molecule has 0 spiro atoms. The van der Waals surface area contributed by atoms with E-state index >= 15 is 0 Å². The van der Waals surface area contributed by atoms with E-state index in [9.17, 15) is 24.0 Å². The fraction of sp³-hybridized carbons (Fsp3) is 0.261. The van der Waals surface area contributed by atoms with E-state index in [1.165, 1.54) is 37.3 Å². The van der Waals surface area contributed by atoms with Gasteiger partial charge in [0.05, 0.1) is 31.8 Å². The van der Waals surface area contributed by atoms with Crippen LogP contribution in [-0.4, -0.2) is 68.0 Å². The molecular weight excluding hydrogens is 480 g/mol. The van der Waals surface area contributed by atoms with Crippen molar-refractivity contribution >= 4 is 52.8 Å². The number of rotatable bonds is 6. The number of esters is 2. The standard InChI is InChI=1S/C23H23ClN4O7/c1-34-21(31)13-8-14(22(32)35-2)10-17(9-13)26-19(29)12-18-20(30)25-6-7-28(18)23(33)27-16-5-3-4-15(24)11-16/h3-5,8-11,18H,6-7,12H2,1-2H3,(H,25,30)(H,26,29)(H,27,33). The van der Waals surface area contributed by atoms with Crippen molar-refractivity contribution in [2.75, 3.05) is 37.9 Å². The predicted octanol–water partition coefficient (Wildman–Crippen LogP) is 2.27. The molecule has 0 radical (unpaired) electrons. The zero-order chi connectivity index (χ0) is 25.5. The Morgan fingerprint density at radius 2 is 1.66 bits per heavy atom. The lowest BCUT2D eigenvalue weighted by Crippen LogP contribution is -2.59. The Morgan fingerprint density at radius 1 is 1.00 bits per heavy atom. The van der Waals surface area contributed by atoms with Gasteiger partial charge in [0, 0.05) is 29.5 Å². The zero-order valence-electron chi connectivity index (χ0n) is 18.9. The van der Waals surface area contributed by atoms with Gasteiger partial charge in [-0.2, -0.15) is 0 Å². The molecule has 1 unspecified atom stereocenters. The molecule has 4 amide bonds. The molecule has 184 valence electrons. The highest BCUT2D eigenvalue weighted by Crippen LogP contribution is 2.20. The van der Waals surface area contributed by atoms with Gasteiger partial charge in [-0.1, -0.05) is 17.7 Å². The molecule has 1 saturated heterocycles. The summed E-state index contributed by atoms with van der Waals surface area (Å²) in [5, 5.41) is 8.29. The lowest BCUT2D eigenvalue weighted by Gasteiger charge is -2.34. The Bertz CT molecular complexity index is 1140. The summed E-state index contributed by atoms with van der Waals surface area (Å²) in [5.41, 5.74) is 0.586. The zero-order valence-corrected chi connectivity index (χ0v) is 19.7. The van der Waals surface area contributed by atoms with Crippen LogP contribution in [0.15, 0.2) is 42.5 Å². The summed E-state index contributed by atoms with van der Waals surface area (Å²) in [6, 6.07) is 8.76. The van der Waals surface area contributed by atoms with Gasteiger partial charge in [0.25, 0.3) is 0 Å². The number of carbonyl (C=O) groups is 5. The predicted molar refractivity (Wildman–Crippen MR) is 126 cm³/mol. The number of hydrogen-bond donors (Lipinski definition) is 3. The van der Waals surface area contributed by atoms with Gasteiger partial charge in [-0.3, -0.25) is 9.59 Å². The molecule has 1 atom stereocenters. The highest BCUT2D eigenvalue weighted by atomic mass is 35.5. The van der Waals surface area contributed by atoms with Crippen molar-refractivity contribution in [3.8, 4) is 0 Å². The molecule has 0 aromatic heterocycles. The molecule has 0 bridgehead atoms. The van der Waals surface area contributed by atoms with Crippen LogP contribution >= 0.6 is 11.6 Å². The molecule has 1 aliphatic heterocycles. The lowest BCUT2D eigenvalue weighted by molar-refractivity contribution is -0.130. The van der Waals surface area contributed by atoms with E-state index in [1.54, 1.807) is 24.3 Å². The fourth-order valence-electron chi connectivity index (χ4n) is 3.48. The number of hydrogen-bond acceptors (Lipinski definition) is 7. The first-order valence-electron chi connectivity index (χ1n) is 10.4. The monoisotopic (exact) mass is 502 g/mol. The molecule has 0 aliphatic carbocycles. The molecule has 3 N–H and O–H groups in total. The van der Waals surface area contributed by atoms with Crippen LogP contribution in [0.1, 0.15) is 27.1 Å². The van der Waals surface area contributed by atoms with Gasteiger partial charge in [0.15, 0.2) is 0 Å². The Morgan fingerprint density at radius 3 is 2.26 bits per heavy atom. The highest BCUT2D eigenvalue weighted by Gasteiger charge is 2.35. The number of nitrogens with one attached hydrogen (secondary N) is 3. The van der Waals surface area contributed by atoms with Crippen molar-refractivity contribution in [3.63, 3.8) is 0 Å². The summed E-state index contributed by atoms with van der Waals surface area (Å²) >= 11 is 5.95. The number of halogens is 1. The van der Waals surface area contributed by atoms with Crippen LogP contribution < -0.4 is 16.0 Å². The fourth-order valence-corrected chi connectivity index (χ4v) is 3.67. The average Bonchev–Trinajstić information content (AvgIpc) is 2.83. The Kier molecular flexibility index (Phi) is 8.26. The van der Waals surface area contributed by atoms with Crippen LogP contribution in [0.3, 0.4) is 0 Å². The van der Waals surface area contributed by atoms with Gasteiger partial charge in [-0.15, -0.1) is 0 Å². The first-order valence-corrected chi connectivity index (χ1v) is 10.8. The minimum atomic E-state index is -1.09. The number of methoxy groups -OCH3 is 2. The maximum Gasteiger partial charge on any atom is 0.337 e. The lowest BCUT2D eigenvalue weighted by atomic mass is 10.1. The van der Waals surface area contributed by atoms with Gasteiger partial charge < -0.3 is 30.3 Å².